The number of nitrogens with one attached hydrogen (secondary N) is 1. The van der Waals surface area contributed by atoms with Crippen LogP contribution in [0.5, 0.6) is 6.01 Å². The summed E-state index contributed by atoms with van der Waals surface area (Å²) in [6, 6.07) is 9.37. The minimum absolute atomic E-state index is 0.0843. The molecule has 0 aliphatic rings. The molecule has 7 heteroatoms. The number of methoxy groups -OCH3 is 1. The van der Waals surface area contributed by atoms with Crippen molar-refractivity contribution in [2.75, 3.05) is 7.11 Å². The van der Waals surface area contributed by atoms with Crippen LogP contribution in [0.2, 0.25) is 0 Å². The van der Waals surface area contributed by atoms with Crippen molar-refractivity contribution >= 4 is 11.2 Å². The largest absolute Gasteiger partial charge is 0.468 e. The van der Waals surface area contributed by atoms with Crippen molar-refractivity contribution < 1.29 is 4.74 Å². The van der Waals surface area contributed by atoms with E-state index in [4.69, 9.17) is 4.74 Å². The molecule has 0 amide bonds. The van der Waals surface area contributed by atoms with E-state index in [0.717, 1.165) is 5.56 Å². The molecule has 0 aliphatic heterocycles. The van der Waals surface area contributed by atoms with Crippen molar-refractivity contribution in [1.29, 1.82) is 0 Å². The molecular formula is C12H9N5O2. The topological polar surface area (TPSA) is 93.7 Å². The number of aromatic nitrogens is 5. The van der Waals surface area contributed by atoms with E-state index in [-0.39, 0.29) is 17.2 Å². The molecule has 0 atom stereocenters. The van der Waals surface area contributed by atoms with Crippen LogP contribution in [0.4, 0.5) is 0 Å². The highest BCUT2D eigenvalue weighted by atomic mass is 16.5. The maximum absolute atomic E-state index is 11.8. The number of aromatic amines is 1. The third-order valence-electron chi connectivity index (χ3n) is 2.54. The van der Waals surface area contributed by atoms with Crippen LogP contribution in [0.1, 0.15) is 0 Å². The number of rotatable bonds is 2. The standard InChI is InChI=1S/C12H9N5O2/c1-19-12-14-10-8(11(18)15-12)13-9(16-17-10)7-5-3-2-4-6-7/h2-6H,1H3,(H,14,15,17,18). The summed E-state index contributed by atoms with van der Waals surface area (Å²) in [5.74, 6) is 0.380. The van der Waals surface area contributed by atoms with E-state index in [2.05, 4.69) is 25.1 Å². The second-order valence-corrected chi connectivity index (χ2v) is 3.75. The Hall–Kier alpha value is -2.83. The highest BCUT2D eigenvalue weighted by Crippen LogP contribution is 2.14. The number of nitrogens with zero attached hydrogens (tertiary/aromatic N) is 4. The summed E-state index contributed by atoms with van der Waals surface area (Å²) in [5.41, 5.74) is 0.663. The highest BCUT2D eigenvalue weighted by molar-refractivity contribution is 5.70. The molecule has 0 aliphatic carbocycles. The van der Waals surface area contributed by atoms with Crippen molar-refractivity contribution in [2.24, 2.45) is 0 Å². The van der Waals surface area contributed by atoms with E-state index in [0.29, 0.717) is 5.82 Å². The van der Waals surface area contributed by atoms with Gasteiger partial charge in [0.1, 0.15) is 0 Å². The maximum atomic E-state index is 11.8. The van der Waals surface area contributed by atoms with Crippen LogP contribution in [0.25, 0.3) is 22.6 Å². The third-order valence-corrected chi connectivity index (χ3v) is 2.54. The lowest BCUT2D eigenvalue weighted by Crippen LogP contribution is -2.13. The van der Waals surface area contributed by atoms with Gasteiger partial charge in [0, 0.05) is 5.56 Å². The highest BCUT2D eigenvalue weighted by Gasteiger charge is 2.10. The minimum Gasteiger partial charge on any atom is -0.468 e. The van der Waals surface area contributed by atoms with E-state index in [1.165, 1.54) is 7.11 Å². The van der Waals surface area contributed by atoms with Crippen LogP contribution in [-0.2, 0) is 0 Å². The molecule has 0 bridgehead atoms. The van der Waals surface area contributed by atoms with E-state index in [1.54, 1.807) is 0 Å². The van der Waals surface area contributed by atoms with Gasteiger partial charge >= 0.3 is 0 Å². The fourth-order valence-electron chi connectivity index (χ4n) is 1.63. The summed E-state index contributed by atoms with van der Waals surface area (Å²) >= 11 is 0. The second-order valence-electron chi connectivity index (χ2n) is 3.75. The van der Waals surface area contributed by atoms with Crippen LogP contribution in [0.15, 0.2) is 35.1 Å². The summed E-state index contributed by atoms with van der Waals surface area (Å²) in [6.45, 7) is 0. The third kappa shape index (κ3) is 2.01. The molecule has 0 radical (unpaired) electrons. The Balaban J connectivity index is 2.22. The average Bonchev–Trinajstić information content (AvgIpc) is 2.47. The first-order chi connectivity index (χ1) is 9.28. The molecular weight excluding hydrogens is 246 g/mol. The van der Waals surface area contributed by atoms with Crippen molar-refractivity contribution in [1.82, 2.24) is 25.1 Å². The van der Waals surface area contributed by atoms with Gasteiger partial charge in [-0.05, 0) is 0 Å². The average molecular weight is 255 g/mol. The van der Waals surface area contributed by atoms with Crippen LogP contribution in [0.3, 0.4) is 0 Å². The van der Waals surface area contributed by atoms with Gasteiger partial charge in [0.25, 0.3) is 11.6 Å². The zero-order valence-corrected chi connectivity index (χ0v) is 9.99. The number of fused-ring (bicyclic) bond motifs is 1. The number of H-pyrrole nitrogens is 1. The quantitative estimate of drug-likeness (QED) is 0.727. The van der Waals surface area contributed by atoms with Gasteiger partial charge in [-0.2, -0.15) is 4.98 Å². The molecule has 94 valence electrons. The molecule has 0 fully saturated rings. The van der Waals surface area contributed by atoms with Crippen LogP contribution >= 0.6 is 0 Å². The van der Waals surface area contributed by atoms with Gasteiger partial charge < -0.3 is 4.74 Å². The lowest BCUT2D eigenvalue weighted by atomic mass is 10.2. The van der Waals surface area contributed by atoms with Gasteiger partial charge in [-0.15, -0.1) is 10.2 Å². The summed E-state index contributed by atoms with van der Waals surface area (Å²) < 4.78 is 4.86. The first-order valence-corrected chi connectivity index (χ1v) is 5.52. The fourth-order valence-corrected chi connectivity index (χ4v) is 1.63. The lowest BCUT2D eigenvalue weighted by Gasteiger charge is -2.01. The van der Waals surface area contributed by atoms with Gasteiger partial charge in [-0.25, -0.2) is 4.98 Å². The molecule has 3 aromatic rings. The van der Waals surface area contributed by atoms with E-state index >= 15 is 0 Å². The molecule has 0 saturated carbocycles. The van der Waals surface area contributed by atoms with Gasteiger partial charge in [0.2, 0.25) is 5.65 Å². The van der Waals surface area contributed by atoms with E-state index < -0.39 is 5.56 Å². The predicted octanol–water partition coefficient (Wildman–Crippen LogP) is 0.784. The summed E-state index contributed by atoms with van der Waals surface area (Å²) in [7, 11) is 1.41. The molecule has 0 spiro atoms. The number of ether oxygens (including phenoxy) is 1. The fraction of sp³-hybridized carbons (Fsp3) is 0.0833. The minimum atomic E-state index is -0.408. The Morgan fingerprint density at radius 3 is 2.63 bits per heavy atom. The number of hydrogen-bond donors (Lipinski definition) is 1. The molecule has 3 rings (SSSR count). The van der Waals surface area contributed by atoms with Crippen molar-refractivity contribution in [3.8, 4) is 17.4 Å². The van der Waals surface area contributed by atoms with Crippen molar-refractivity contribution in [3.05, 3.63) is 40.7 Å². The van der Waals surface area contributed by atoms with E-state index in [1.807, 2.05) is 30.3 Å². The lowest BCUT2D eigenvalue weighted by molar-refractivity contribution is 0.380. The number of benzene rings is 1. The first kappa shape index (κ1) is 11.3. The Labute approximate surface area is 107 Å². The molecule has 0 unspecified atom stereocenters. The molecule has 1 aromatic carbocycles. The Bertz CT molecular complexity index is 785. The van der Waals surface area contributed by atoms with Crippen molar-refractivity contribution in [3.63, 3.8) is 0 Å². The molecule has 1 N–H and O–H groups in total. The van der Waals surface area contributed by atoms with Crippen LogP contribution in [0, 0.1) is 0 Å². The molecule has 7 nitrogen and oxygen atoms in total. The Kier molecular flexibility index (Phi) is 2.64. The zero-order chi connectivity index (χ0) is 13.2. The van der Waals surface area contributed by atoms with E-state index in [9.17, 15) is 4.79 Å². The van der Waals surface area contributed by atoms with Crippen molar-refractivity contribution in [2.45, 2.75) is 0 Å². The van der Waals surface area contributed by atoms with Gasteiger partial charge in [-0.3, -0.25) is 9.78 Å². The molecule has 19 heavy (non-hydrogen) atoms. The predicted molar refractivity (Wildman–Crippen MR) is 67.7 cm³/mol. The molecule has 2 aromatic heterocycles. The van der Waals surface area contributed by atoms with Crippen LogP contribution in [-0.4, -0.2) is 32.3 Å². The smallest absolute Gasteiger partial charge is 0.298 e. The second kappa shape index (κ2) is 4.45. The van der Waals surface area contributed by atoms with Crippen LogP contribution < -0.4 is 10.3 Å². The molecule has 0 saturated heterocycles. The van der Waals surface area contributed by atoms with Gasteiger partial charge in [0.15, 0.2) is 11.3 Å². The summed E-state index contributed by atoms with van der Waals surface area (Å²) in [5, 5.41) is 7.87. The molecule has 2 heterocycles. The Morgan fingerprint density at radius 2 is 1.89 bits per heavy atom. The Morgan fingerprint density at radius 1 is 1.11 bits per heavy atom. The normalized spacial score (nSPS) is 10.6. The SMILES string of the molecule is COc1nc2nnc(-c3ccccc3)nc2c(=O)[nH]1. The van der Waals surface area contributed by atoms with Gasteiger partial charge in [0.05, 0.1) is 7.11 Å². The zero-order valence-electron chi connectivity index (χ0n) is 9.99. The monoisotopic (exact) mass is 255 g/mol. The summed E-state index contributed by atoms with van der Waals surface area (Å²) in [6.07, 6.45) is 0. The maximum Gasteiger partial charge on any atom is 0.298 e. The summed E-state index contributed by atoms with van der Waals surface area (Å²) in [4.78, 5) is 22.5. The van der Waals surface area contributed by atoms with Gasteiger partial charge in [-0.1, -0.05) is 30.3 Å². The number of hydrogen-bond acceptors (Lipinski definition) is 6. The first-order valence-electron chi connectivity index (χ1n) is 5.52.